The van der Waals surface area contributed by atoms with E-state index in [1.54, 1.807) is 12.1 Å². The van der Waals surface area contributed by atoms with Crippen LogP contribution in [0, 0.1) is 12.8 Å². The average Bonchev–Trinajstić information content (AvgIpc) is 2.66. The zero-order valence-electron chi connectivity index (χ0n) is 15.1. The molecule has 1 amide bonds. The first kappa shape index (κ1) is 21.4. The van der Waals surface area contributed by atoms with Gasteiger partial charge in [0.1, 0.15) is 4.90 Å². The normalized spacial score (nSPS) is 18.1. The Labute approximate surface area is 179 Å². The maximum atomic E-state index is 13.0. The molecule has 150 valence electrons. The van der Waals surface area contributed by atoms with Crippen molar-refractivity contribution in [2.75, 3.05) is 18.4 Å². The molecule has 1 atom stereocenters. The Kier molecular flexibility index (Phi) is 6.57. The van der Waals surface area contributed by atoms with E-state index < -0.39 is 15.9 Å². The number of carbonyl (C=O) groups is 1. The van der Waals surface area contributed by atoms with Crippen molar-refractivity contribution in [1.29, 1.82) is 0 Å². The first-order chi connectivity index (χ1) is 13.2. The number of carbonyl (C=O) groups excluding carboxylic acids is 1. The number of nitrogens with zero attached hydrogens (tertiary/aromatic N) is 1. The second-order valence-corrected chi connectivity index (χ2v) is 9.89. The minimum atomic E-state index is -3.85. The Balaban J connectivity index is 1.76. The van der Waals surface area contributed by atoms with Crippen molar-refractivity contribution in [2.24, 2.45) is 5.92 Å². The summed E-state index contributed by atoms with van der Waals surface area (Å²) in [6.45, 7) is 2.28. The van der Waals surface area contributed by atoms with Crippen LogP contribution in [-0.2, 0) is 14.8 Å². The van der Waals surface area contributed by atoms with Crippen molar-refractivity contribution in [3.05, 3.63) is 57.0 Å². The fourth-order valence-electron chi connectivity index (χ4n) is 3.10. The number of hydrogen-bond acceptors (Lipinski definition) is 3. The summed E-state index contributed by atoms with van der Waals surface area (Å²) in [4.78, 5) is 12.6. The smallest absolute Gasteiger partial charge is 0.244 e. The van der Waals surface area contributed by atoms with E-state index in [0.717, 1.165) is 5.56 Å². The molecule has 0 unspecified atom stereocenters. The molecule has 0 aromatic heterocycles. The van der Waals surface area contributed by atoms with Gasteiger partial charge in [-0.2, -0.15) is 4.31 Å². The van der Waals surface area contributed by atoms with Crippen molar-refractivity contribution in [2.45, 2.75) is 24.7 Å². The number of piperidine rings is 1. The molecule has 28 heavy (non-hydrogen) atoms. The summed E-state index contributed by atoms with van der Waals surface area (Å²) in [7, 11) is -3.85. The number of amides is 1. The number of nitrogens with one attached hydrogen (secondary N) is 1. The van der Waals surface area contributed by atoms with Crippen molar-refractivity contribution in [3.8, 4) is 0 Å². The van der Waals surface area contributed by atoms with Crippen molar-refractivity contribution in [1.82, 2.24) is 4.31 Å². The van der Waals surface area contributed by atoms with Crippen LogP contribution in [0.3, 0.4) is 0 Å². The van der Waals surface area contributed by atoms with Crippen LogP contribution in [0.2, 0.25) is 15.1 Å². The fourth-order valence-corrected chi connectivity index (χ4v) is 5.55. The number of benzene rings is 2. The highest BCUT2D eigenvalue weighted by molar-refractivity contribution is 7.89. The predicted molar refractivity (Wildman–Crippen MR) is 113 cm³/mol. The third-order valence-corrected chi connectivity index (χ3v) is 7.69. The summed E-state index contributed by atoms with van der Waals surface area (Å²) in [5.41, 5.74) is 1.49. The molecule has 1 aliphatic heterocycles. The van der Waals surface area contributed by atoms with E-state index in [0.29, 0.717) is 30.1 Å². The monoisotopic (exact) mass is 460 g/mol. The lowest BCUT2D eigenvalue weighted by Gasteiger charge is -2.31. The number of anilines is 1. The van der Waals surface area contributed by atoms with Gasteiger partial charge in [0.05, 0.1) is 10.9 Å². The molecule has 5 nitrogen and oxygen atoms in total. The number of hydrogen-bond donors (Lipinski definition) is 1. The van der Waals surface area contributed by atoms with Gasteiger partial charge in [-0.05, 0) is 55.7 Å². The fraction of sp³-hybridized carbons (Fsp3) is 0.316. The van der Waals surface area contributed by atoms with Crippen LogP contribution in [0.1, 0.15) is 18.4 Å². The van der Waals surface area contributed by atoms with Crippen LogP contribution in [0.4, 0.5) is 5.69 Å². The molecule has 3 rings (SSSR count). The van der Waals surface area contributed by atoms with Crippen LogP contribution in [0.5, 0.6) is 0 Å². The topological polar surface area (TPSA) is 66.5 Å². The zero-order chi connectivity index (χ0) is 20.5. The molecule has 2 aromatic rings. The van der Waals surface area contributed by atoms with Gasteiger partial charge in [-0.1, -0.05) is 40.9 Å². The highest BCUT2D eigenvalue weighted by atomic mass is 35.5. The summed E-state index contributed by atoms with van der Waals surface area (Å²) in [6.07, 6.45) is 1.17. The molecule has 0 bridgehead atoms. The van der Waals surface area contributed by atoms with Gasteiger partial charge >= 0.3 is 0 Å². The molecular weight excluding hydrogens is 443 g/mol. The van der Waals surface area contributed by atoms with Crippen LogP contribution in [0.25, 0.3) is 0 Å². The summed E-state index contributed by atoms with van der Waals surface area (Å²) in [5.74, 6) is -0.710. The largest absolute Gasteiger partial charge is 0.326 e. The van der Waals surface area contributed by atoms with Crippen LogP contribution < -0.4 is 5.32 Å². The van der Waals surface area contributed by atoms with E-state index in [9.17, 15) is 13.2 Å². The van der Waals surface area contributed by atoms with E-state index in [4.69, 9.17) is 34.8 Å². The molecule has 1 heterocycles. The van der Waals surface area contributed by atoms with Gasteiger partial charge in [0.15, 0.2) is 0 Å². The number of rotatable bonds is 4. The second kappa shape index (κ2) is 8.59. The molecule has 1 N–H and O–H groups in total. The van der Waals surface area contributed by atoms with Gasteiger partial charge in [-0.15, -0.1) is 0 Å². The molecular formula is C19H19Cl3N2O3S. The molecule has 1 aliphatic rings. The quantitative estimate of drug-likeness (QED) is 0.697. The lowest BCUT2D eigenvalue weighted by atomic mass is 9.98. The predicted octanol–water partition coefficient (Wildman–Crippen LogP) is 4.99. The van der Waals surface area contributed by atoms with Gasteiger partial charge < -0.3 is 5.32 Å². The lowest BCUT2D eigenvalue weighted by Crippen LogP contribution is -2.43. The maximum absolute atomic E-state index is 13.0. The molecule has 0 aliphatic carbocycles. The SMILES string of the molecule is Cc1ccc(NC(=O)[C@@H]2CCCN(S(=O)(=O)c3cc(Cl)ccc3Cl)C2)cc1Cl. The second-order valence-electron chi connectivity index (χ2n) is 6.73. The number of halogens is 3. The van der Waals surface area contributed by atoms with E-state index in [1.165, 1.54) is 22.5 Å². The van der Waals surface area contributed by atoms with Crippen LogP contribution in [-0.4, -0.2) is 31.7 Å². The zero-order valence-corrected chi connectivity index (χ0v) is 18.2. The summed E-state index contributed by atoms with van der Waals surface area (Å²) >= 11 is 18.1. The Morgan fingerprint density at radius 1 is 1.11 bits per heavy atom. The summed E-state index contributed by atoms with van der Waals surface area (Å²) in [5, 5.41) is 3.76. The molecule has 0 radical (unpaired) electrons. The van der Waals surface area contributed by atoms with Crippen LogP contribution in [0.15, 0.2) is 41.3 Å². The molecule has 2 aromatic carbocycles. The number of aryl methyl sites for hydroxylation is 1. The molecule has 9 heteroatoms. The van der Waals surface area contributed by atoms with Gasteiger partial charge in [-0.25, -0.2) is 8.42 Å². The number of sulfonamides is 1. The first-order valence-corrected chi connectivity index (χ1v) is 11.3. The average molecular weight is 462 g/mol. The molecule has 1 fully saturated rings. The highest BCUT2D eigenvalue weighted by Gasteiger charge is 2.34. The molecule has 0 saturated carbocycles. The maximum Gasteiger partial charge on any atom is 0.244 e. The Bertz CT molecular complexity index is 1010. The standard InChI is InChI=1S/C19H19Cl3N2O3S/c1-12-4-6-15(10-17(12)22)23-19(25)13-3-2-8-24(11-13)28(26,27)18-9-14(20)5-7-16(18)21/h4-7,9-10,13H,2-3,8,11H2,1H3,(H,23,25)/t13-/m1/s1. The molecule has 0 spiro atoms. The van der Waals surface area contributed by atoms with E-state index in [-0.39, 0.29) is 27.4 Å². The Hall–Kier alpha value is -1.31. The summed E-state index contributed by atoms with van der Waals surface area (Å²) in [6, 6.07) is 9.57. The minimum absolute atomic E-state index is 0.0481. The molecule has 1 saturated heterocycles. The van der Waals surface area contributed by atoms with E-state index >= 15 is 0 Å². The van der Waals surface area contributed by atoms with E-state index in [2.05, 4.69) is 5.32 Å². The van der Waals surface area contributed by atoms with E-state index in [1.807, 2.05) is 13.0 Å². The highest BCUT2D eigenvalue weighted by Crippen LogP contribution is 2.31. The third-order valence-electron chi connectivity index (χ3n) is 4.71. The van der Waals surface area contributed by atoms with Crippen LogP contribution >= 0.6 is 34.8 Å². The van der Waals surface area contributed by atoms with Crippen molar-refractivity contribution in [3.63, 3.8) is 0 Å². The third kappa shape index (κ3) is 4.63. The Morgan fingerprint density at radius 2 is 1.86 bits per heavy atom. The summed E-state index contributed by atoms with van der Waals surface area (Å²) < 4.78 is 27.3. The van der Waals surface area contributed by atoms with Gasteiger partial charge in [0, 0.05) is 28.8 Å². The van der Waals surface area contributed by atoms with Crippen molar-refractivity contribution < 1.29 is 13.2 Å². The van der Waals surface area contributed by atoms with Gasteiger partial charge in [0.2, 0.25) is 15.9 Å². The van der Waals surface area contributed by atoms with Gasteiger partial charge in [0.25, 0.3) is 0 Å². The van der Waals surface area contributed by atoms with Gasteiger partial charge in [-0.3, -0.25) is 4.79 Å². The Morgan fingerprint density at radius 3 is 2.57 bits per heavy atom. The first-order valence-electron chi connectivity index (χ1n) is 8.70. The minimum Gasteiger partial charge on any atom is -0.326 e. The lowest BCUT2D eigenvalue weighted by molar-refractivity contribution is -0.120. The van der Waals surface area contributed by atoms with Crippen molar-refractivity contribution >= 4 is 56.4 Å².